The molecule has 1 aromatic carbocycles. The molecule has 0 saturated carbocycles. The third kappa shape index (κ3) is 4.95. The van der Waals surface area contributed by atoms with Gasteiger partial charge in [-0.05, 0) is 40.7 Å². The molecule has 0 spiro atoms. The number of rotatable bonds is 7. The second kappa shape index (κ2) is 8.80. The quantitative estimate of drug-likeness (QED) is 0.404. The van der Waals surface area contributed by atoms with Crippen LogP contribution in [0.5, 0.6) is 11.5 Å². The Hall–Kier alpha value is -3.30. The van der Waals surface area contributed by atoms with E-state index in [4.69, 9.17) is 14.2 Å². The molecular formula is C19H25N3O7. The molecule has 1 atom stereocenters. The van der Waals surface area contributed by atoms with E-state index in [2.05, 4.69) is 10.6 Å². The Morgan fingerprint density at radius 2 is 1.83 bits per heavy atom. The van der Waals surface area contributed by atoms with Crippen LogP contribution in [0.15, 0.2) is 23.4 Å². The summed E-state index contributed by atoms with van der Waals surface area (Å²) in [4.78, 5) is 35.9. The fraction of sp³-hybridized carbons (Fsp3) is 0.474. The van der Waals surface area contributed by atoms with Crippen molar-refractivity contribution in [3.05, 3.63) is 39.1 Å². The van der Waals surface area contributed by atoms with Crippen molar-refractivity contribution in [2.75, 3.05) is 7.11 Å². The lowest BCUT2D eigenvalue weighted by molar-refractivity contribution is -0.385. The number of methoxy groups -OCH3 is 1. The molecule has 1 heterocycles. The van der Waals surface area contributed by atoms with E-state index in [-0.39, 0.29) is 40.1 Å². The maximum absolute atomic E-state index is 12.7. The van der Waals surface area contributed by atoms with Crippen molar-refractivity contribution < 1.29 is 28.7 Å². The van der Waals surface area contributed by atoms with E-state index in [1.54, 1.807) is 27.7 Å². The number of carbonyl (C=O) groups is 2. The van der Waals surface area contributed by atoms with Gasteiger partial charge < -0.3 is 24.8 Å². The summed E-state index contributed by atoms with van der Waals surface area (Å²) >= 11 is 0. The number of amides is 2. The zero-order valence-electron chi connectivity index (χ0n) is 17.2. The van der Waals surface area contributed by atoms with Crippen LogP contribution in [-0.4, -0.2) is 36.2 Å². The first kappa shape index (κ1) is 22.0. The standard InChI is InChI=1S/C19H25N3O7/c1-9(2)28-15-7-12(13(22(25)26)8-14(15)27-6)17-16(18(23)29-10(3)4)11(5)20-19(24)21-17/h7-10,17H,1-6H3,(H2,20,21,24). The largest absolute Gasteiger partial charge is 0.493 e. The van der Waals surface area contributed by atoms with Gasteiger partial charge in [-0.15, -0.1) is 0 Å². The number of esters is 1. The highest BCUT2D eigenvalue weighted by Crippen LogP contribution is 2.41. The maximum Gasteiger partial charge on any atom is 0.338 e. The summed E-state index contributed by atoms with van der Waals surface area (Å²) in [7, 11) is 1.37. The van der Waals surface area contributed by atoms with Gasteiger partial charge in [0.05, 0.1) is 47.5 Å². The third-order valence-corrected chi connectivity index (χ3v) is 4.02. The van der Waals surface area contributed by atoms with Crippen molar-refractivity contribution in [2.45, 2.75) is 52.9 Å². The fourth-order valence-corrected chi connectivity index (χ4v) is 2.94. The van der Waals surface area contributed by atoms with Gasteiger partial charge >= 0.3 is 12.0 Å². The first-order valence-electron chi connectivity index (χ1n) is 9.07. The van der Waals surface area contributed by atoms with Crippen LogP contribution in [-0.2, 0) is 9.53 Å². The average Bonchev–Trinajstić information content (AvgIpc) is 2.59. The van der Waals surface area contributed by atoms with Gasteiger partial charge in [0.15, 0.2) is 11.5 Å². The van der Waals surface area contributed by atoms with Gasteiger partial charge in [0, 0.05) is 5.70 Å². The minimum absolute atomic E-state index is 0.0714. The van der Waals surface area contributed by atoms with Crippen LogP contribution in [0.3, 0.4) is 0 Å². The predicted molar refractivity (Wildman–Crippen MR) is 104 cm³/mol. The third-order valence-electron chi connectivity index (χ3n) is 4.02. The van der Waals surface area contributed by atoms with Gasteiger partial charge in [0.2, 0.25) is 0 Å². The number of carbonyl (C=O) groups excluding carboxylic acids is 2. The number of allylic oxidation sites excluding steroid dienone is 1. The number of benzene rings is 1. The zero-order valence-corrected chi connectivity index (χ0v) is 17.2. The molecule has 0 radical (unpaired) electrons. The van der Waals surface area contributed by atoms with E-state index in [9.17, 15) is 19.7 Å². The van der Waals surface area contributed by atoms with Crippen molar-refractivity contribution in [1.29, 1.82) is 0 Å². The Labute approximate surface area is 168 Å². The number of ether oxygens (including phenoxy) is 3. The topological polar surface area (TPSA) is 129 Å². The second-order valence-electron chi connectivity index (χ2n) is 7.01. The number of nitrogens with one attached hydrogen (secondary N) is 2. The van der Waals surface area contributed by atoms with Crippen LogP contribution in [0.1, 0.15) is 46.2 Å². The lowest BCUT2D eigenvalue weighted by Gasteiger charge is -2.29. The number of nitrogens with zero attached hydrogens (tertiary/aromatic N) is 1. The summed E-state index contributed by atoms with van der Waals surface area (Å²) in [6, 6.07) is 0.923. The van der Waals surface area contributed by atoms with Crippen LogP contribution in [0.4, 0.5) is 10.5 Å². The lowest BCUT2D eigenvalue weighted by atomic mass is 9.93. The van der Waals surface area contributed by atoms with Gasteiger partial charge in [-0.1, -0.05) is 0 Å². The molecule has 1 aromatic rings. The second-order valence-corrected chi connectivity index (χ2v) is 7.01. The van der Waals surface area contributed by atoms with Crippen molar-refractivity contribution in [3.8, 4) is 11.5 Å². The van der Waals surface area contributed by atoms with Crippen LogP contribution in [0.25, 0.3) is 0 Å². The SMILES string of the molecule is COc1cc([N+](=O)[O-])c(C2NC(=O)NC(C)=C2C(=O)OC(C)C)cc1OC(C)C. The molecule has 2 rings (SSSR count). The van der Waals surface area contributed by atoms with E-state index < -0.39 is 29.1 Å². The number of nitro groups is 1. The van der Waals surface area contributed by atoms with Crippen molar-refractivity contribution in [1.82, 2.24) is 10.6 Å². The van der Waals surface area contributed by atoms with Crippen molar-refractivity contribution >= 4 is 17.7 Å². The molecule has 29 heavy (non-hydrogen) atoms. The number of urea groups is 1. The molecule has 1 aliphatic heterocycles. The minimum Gasteiger partial charge on any atom is -0.493 e. The highest BCUT2D eigenvalue weighted by molar-refractivity contribution is 5.95. The van der Waals surface area contributed by atoms with Crippen molar-refractivity contribution in [3.63, 3.8) is 0 Å². The van der Waals surface area contributed by atoms with Crippen LogP contribution >= 0.6 is 0 Å². The Balaban J connectivity index is 2.70. The summed E-state index contributed by atoms with van der Waals surface area (Å²) < 4.78 is 16.2. The first-order valence-corrected chi connectivity index (χ1v) is 9.07. The molecule has 1 aliphatic rings. The monoisotopic (exact) mass is 407 g/mol. The average molecular weight is 407 g/mol. The number of nitro benzene ring substituents is 1. The van der Waals surface area contributed by atoms with E-state index >= 15 is 0 Å². The summed E-state index contributed by atoms with van der Waals surface area (Å²) in [5, 5.41) is 16.8. The maximum atomic E-state index is 12.7. The molecule has 0 aromatic heterocycles. The Morgan fingerprint density at radius 1 is 1.17 bits per heavy atom. The van der Waals surface area contributed by atoms with E-state index in [0.29, 0.717) is 0 Å². The Kier molecular flexibility index (Phi) is 6.68. The van der Waals surface area contributed by atoms with Gasteiger partial charge in [-0.25, -0.2) is 9.59 Å². The minimum atomic E-state index is -1.10. The summed E-state index contributed by atoms with van der Waals surface area (Å²) in [6.45, 7) is 8.48. The predicted octanol–water partition coefficient (Wildman–Crippen LogP) is 2.97. The van der Waals surface area contributed by atoms with Crippen LogP contribution in [0, 0.1) is 10.1 Å². The first-order chi connectivity index (χ1) is 13.5. The van der Waals surface area contributed by atoms with Gasteiger partial charge in [0.25, 0.3) is 5.69 Å². The van der Waals surface area contributed by atoms with Gasteiger partial charge in [-0.3, -0.25) is 10.1 Å². The van der Waals surface area contributed by atoms with E-state index in [1.165, 1.54) is 26.2 Å². The molecule has 10 nitrogen and oxygen atoms in total. The highest BCUT2D eigenvalue weighted by Gasteiger charge is 2.37. The molecule has 0 bridgehead atoms. The smallest absolute Gasteiger partial charge is 0.338 e. The molecule has 1 unspecified atom stereocenters. The zero-order chi connectivity index (χ0) is 21.9. The molecule has 158 valence electrons. The van der Waals surface area contributed by atoms with Crippen molar-refractivity contribution in [2.24, 2.45) is 0 Å². The number of hydrogen-bond acceptors (Lipinski definition) is 7. The van der Waals surface area contributed by atoms with E-state index in [0.717, 1.165) is 0 Å². The normalized spacial score (nSPS) is 16.4. The molecule has 10 heteroatoms. The molecule has 0 saturated heterocycles. The number of hydrogen-bond donors (Lipinski definition) is 2. The summed E-state index contributed by atoms with van der Waals surface area (Å²) in [6.07, 6.45) is -0.643. The Bertz CT molecular complexity index is 862. The molecule has 2 amide bonds. The highest BCUT2D eigenvalue weighted by atomic mass is 16.6. The summed E-state index contributed by atoms with van der Waals surface area (Å²) in [5.41, 5.74) is 0.0760. The molecule has 2 N–H and O–H groups in total. The lowest BCUT2D eigenvalue weighted by Crippen LogP contribution is -2.45. The molecular weight excluding hydrogens is 382 g/mol. The summed E-state index contributed by atoms with van der Waals surface area (Å²) in [5.74, 6) is -0.266. The van der Waals surface area contributed by atoms with Crippen LogP contribution in [0.2, 0.25) is 0 Å². The van der Waals surface area contributed by atoms with Crippen LogP contribution < -0.4 is 20.1 Å². The van der Waals surface area contributed by atoms with Gasteiger partial charge in [0.1, 0.15) is 0 Å². The Morgan fingerprint density at radius 3 is 2.34 bits per heavy atom. The molecule has 0 aliphatic carbocycles. The van der Waals surface area contributed by atoms with Gasteiger partial charge in [-0.2, -0.15) is 0 Å². The molecule has 0 fully saturated rings. The fourth-order valence-electron chi connectivity index (χ4n) is 2.94. The van der Waals surface area contributed by atoms with E-state index in [1.807, 2.05) is 0 Å².